The molecule has 0 fully saturated rings. The molecule has 0 saturated carbocycles. The molecule has 0 saturated heterocycles. The maximum Gasteiger partial charge on any atom is 0.264 e. The SMILES string of the molecule is Cc1ccc(COc2ccc(/C=N\NC(=O)CN(c3ccc(Cl)cc3)S(=O)(=O)c3ccccc3)cc2)cc1. The van der Waals surface area contributed by atoms with Crippen LogP contribution in [0.25, 0.3) is 0 Å². The second kappa shape index (κ2) is 12.4. The topological polar surface area (TPSA) is 88.1 Å². The smallest absolute Gasteiger partial charge is 0.264 e. The van der Waals surface area contributed by atoms with E-state index in [9.17, 15) is 13.2 Å². The lowest BCUT2D eigenvalue weighted by Crippen LogP contribution is -2.39. The molecular formula is C29H26ClN3O4S. The summed E-state index contributed by atoms with van der Waals surface area (Å²) in [6.07, 6.45) is 1.47. The van der Waals surface area contributed by atoms with Gasteiger partial charge in [-0.3, -0.25) is 9.10 Å². The second-order valence-corrected chi connectivity index (χ2v) is 10.7. The molecule has 0 heterocycles. The van der Waals surface area contributed by atoms with Crippen molar-refractivity contribution >= 4 is 39.4 Å². The fourth-order valence-corrected chi connectivity index (χ4v) is 5.06. The number of carbonyl (C=O) groups excluding carboxylic acids is 1. The summed E-state index contributed by atoms with van der Waals surface area (Å²) in [5.74, 6) is 0.102. The van der Waals surface area contributed by atoms with Crippen LogP contribution in [0.15, 0.2) is 113 Å². The third-order valence-corrected chi connectivity index (χ3v) is 7.58. The van der Waals surface area contributed by atoms with E-state index in [4.69, 9.17) is 16.3 Å². The highest BCUT2D eigenvalue weighted by molar-refractivity contribution is 7.92. The molecule has 0 aromatic heterocycles. The van der Waals surface area contributed by atoms with Gasteiger partial charge in [0.25, 0.3) is 15.9 Å². The number of rotatable bonds is 10. The summed E-state index contributed by atoms with van der Waals surface area (Å²) in [7, 11) is -4.01. The molecule has 194 valence electrons. The van der Waals surface area contributed by atoms with Crippen LogP contribution in [0.1, 0.15) is 16.7 Å². The van der Waals surface area contributed by atoms with Crippen LogP contribution in [-0.4, -0.2) is 27.1 Å². The maximum absolute atomic E-state index is 13.3. The number of aryl methyl sites for hydroxylation is 1. The van der Waals surface area contributed by atoms with Gasteiger partial charge in [-0.05, 0) is 78.7 Å². The molecule has 9 heteroatoms. The van der Waals surface area contributed by atoms with Crippen molar-refractivity contribution in [1.29, 1.82) is 0 Å². The van der Waals surface area contributed by atoms with E-state index >= 15 is 0 Å². The van der Waals surface area contributed by atoms with Gasteiger partial charge in [0, 0.05) is 5.02 Å². The van der Waals surface area contributed by atoms with Crippen molar-refractivity contribution in [2.75, 3.05) is 10.8 Å². The Bertz CT molecular complexity index is 1490. The van der Waals surface area contributed by atoms with E-state index in [-0.39, 0.29) is 4.90 Å². The number of hydrazone groups is 1. The zero-order valence-electron chi connectivity index (χ0n) is 20.6. The molecular weight excluding hydrogens is 522 g/mol. The molecule has 0 atom stereocenters. The first kappa shape index (κ1) is 26.9. The van der Waals surface area contributed by atoms with Crippen molar-refractivity contribution in [2.45, 2.75) is 18.4 Å². The summed E-state index contributed by atoms with van der Waals surface area (Å²) < 4.78 is 33.4. The number of hydrogen-bond donors (Lipinski definition) is 1. The minimum Gasteiger partial charge on any atom is -0.489 e. The first-order chi connectivity index (χ1) is 18.3. The van der Waals surface area contributed by atoms with Gasteiger partial charge in [0.15, 0.2) is 0 Å². The van der Waals surface area contributed by atoms with Crippen molar-refractivity contribution in [2.24, 2.45) is 5.10 Å². The molecule has 0 radical (unpaired) electrons. The second-order valence-electron chi connectivity index (χ2n) is 8.44. The number of halogens is 1. The number of nitrogens with one attached hydrogen (secondary N) is 1. The molecule has 4 aromatic carbocycles. The summed E-state index contributed by atoms with van der Waals surface area (Å²) in [5.41, 5.74) is 5.71. The van der Waals surface area contributed by atoms with Crippen molar-refractivity contribution < 1.29 is 17.9 Å². The Labute approximate surface area is 227 Å². The minimum atomic E-state index is -4.01. The Morgan fingerprint density at radius 3 is 2.24 bits per heavy atom. The van der Waals surface area contributed by atoms with Crippen molar-refractivity contribution in [3.05, 3.63) is 125 Å². The fourth-order valence-electron chi connectivity index (χ4n) is 3.49. The van der Waals surface area contributed by atoms with Gasteiger partial charge in [-0.2, -0.15) is 5.10 Å². The van der Waals surface area contributed by atoms with Crippen LogP contribution in [0.3, 0.4) is 0 Å². The predicted molar refractivity (Wildman–Crippen MR) is 150 cm³/mol. The van der Waals surface area contributed by atoms with Crippen LogP contribution in [0.5, 0.6) is 5.75 Å². The summed E-state index contributed by atoms with van der Waals surface area (Å²) in [5, 5.41) is 4.43. The third-order valence-electron chi connectivity index (χ3n) is 5.54. The first-order valence-electron chi connectivity index (χ1n) is 11.7. The summed E-state index contributed by atoms with van der Waals surface area (Å²) in [6.45, 7) is 2.03. The molecule has 4 rings (SSSR count). The van der Waals surface area contributed by atoms with Crippen molar-refractivity contribution in [3.63, 3.8) is 0 Å². The summed E-state index contributed by atoms with van der Waals surface area (Å²) in [4.78, 5) is 12.7. The molecule has 0 bridgehead atoms. The van der Waals surface area contributed by atoms with Gasteiger partial charge >= 0.3 is 0 Å². The average molecular weight is 548 g/mol. The normalized spacial score (nSPS) is 11.3. The number of anilines is 1. The van der Waals surface area contributed by atoms with Crippen LogP contribution in [0.4, 0.5) is 5.69 Å². The summed E-state index contributed by atoms with van der Waals surface area (Å²) in [6, 6.07) is 29.5. The minimum absolute atomic E-state index is 0.0657. The summed E-state index contributed by atoms with van der Waals surface area (Å²) >= 11 is 5.97. The van der Waals surface area contributed by atoms with Crippen LogP contribution >= 0.6 is 11.6 Å². The lowest BCUT2D eigenvalue weighted by molar-refractivity contribution is -0.119. The van der Waals surface area contributed by atoms with E-state index < -0.39 is 22.5 Å². The molecule has 0 aliphatic rings. The van der Waals surface area contributed by atoms with Crippen molar-refractivity contribution in [3.8, 4) is 5.75 Å². The van der Waals surface area contributed by atoms with Crippen LogP contribution < -0.4 is 14.5 Å². The Morgan fingerprint density at radius 2 is 1.58 bits per heavy atom. The largest absolute Gasteiger partial charge is 0.489 e. The molecule has 0 spiro atoms. The van der Waals surface area contributed by atoms with Gasteiger partial charge < -0.3 is 4.74 Å². The van der Waals surface area contributed by atoms with Crippen molar-refractivity contribution in [1.82, 2.24) is 5.43 Å². The highest BCUT2D eigenvalue weighted by Crippen LogP contribution is 2.25. The highest BCUT2D eigenvalue weighted by Gasteiger charge is 2.27. The molecule has 4 aromatic rings. The Morgan fingerprint density at radius 1 is 0.921 bits per heavy atom. The molecule has 1 amide bonds. The lowest BCUT2D eigenvalue weighted by Gasteiger charge is -2.23. The van der Waals surface area contributed by atoms with E-state index in [1.54, 1.807) is 54.6 Å². The molecule has 7 nitrogen and oxygen atoms in total. The zero-order valence-corrected chi connectivity index (χ0v) is 22.2. The number of nitrogens with zero attached hydrogens (tertiary/aromatic N) is 2. The monoisotopic (exact) mass is 547 g/mol. The van der Waals surface area contributed by atoms with E-state index in [0.29, 0.717) is 23.1 Å². The first-order valence-corrected chi connectivity index (χ1v) is 13.6. The number of carbonyl (C=O) groups is 1. The molecule has 0 aliphatic heterocycles. The number of amides is 1. The fraction of sp³-hybridized carbons (Fsp3) is 0.103. The van der Waals surface area contributed by atoms with Gasteiger partial charge in [-0.25, -0.2) is 13.8 Å². The third kappa shape index (κ3) is 7.21. The standard InChI is InChI=1S/C29H26ClN3O4S/c1-22-7-9-24(10-8-22)21-37-27-17-11-23(12-18-27)19-31-32-29(34)20-33(26-15-13-25(30)14-16-26)38(35,36)28-5-3-2-4-6-28/h2-19H,20-21H2,1H3,(H,32,34)/b31-19-. The number of ether oxygens (including phenoxy) is 1. The van der Waals surface area contributed by atoms with Crippen LogP contribution in [0.2, 0.25) is 5.02 Å². The van der Waals surface area contributed by atoms with Gasteiger partial charge in [0.1, 0.15) is 18.9 Å². The predicted octanol–water partition coefficient (Wildman–Crippen LogP) is 5.57. The van der Waals surface area contributed by atoms with E-state index in [1.807, 2.05) is 43.3 Å². The molecule has 1 N–H and O–H groups in total. The van der Waals surface area contributed by atoms with Gasteiger partial charge in [0.2, 0.25) is 0 Å². The van der Waals surface area contributed by atoms with E-state index in [0.717, 1.165) is 15.4 Å². The Kier molecular flexibility index (Phi) is 8.78. The van der Waals surface area contributed by atoms with Gasteiger partial charge in [-0.1, -0.05) is 59.6 Å². The Balaban J connectivity index is 1.38. The van der Waals surface area contributed by atoms with Crippen LogP contribution in [0, 0.1) is 6.92 Å². The number of sulfonamides is 1. The van der Waals surface area contributed by atoms with Gasteiger partial charge in [-0.15, -0.1) is 0 Å². The zero-order chi connectivity index (χ0) is 27.0. The molecule has 0 unspecified atom stereocenters. The molecule has 38 heavy (non-hydrogen) atoms. The van der Waals surface area contributed by atoms with E-state index in [1.165, 1.54) is 23.9 Å². The number of hydrogen-bond acceptors (Lipinski definition) is 5. The van der Waals surface area contributed by atoms with Crippen LogP contribution in [-0.2, 0) is 21.4 Å². The highest BCUT2D eigenvalue weighted by atomic mass is 35.5. The maximum atomic E-state index is 13.3. The lowest BCUT2D eigenvalue weighted by atomic mass is 10.2. The average Bonchev–Trinajstić information content (AvgIpc) is 2.93. The quantitative estimate of drug-likeness (QED) is 0.207. The Hall–Kier alpha value is -4.14. The number of benzene rings is 4. The molecule has 0 aliphatic carbocycles. The van der Waals surface area contributed by atoms with Gasteiger partial charge in [0.05, 0.1) is 16.8 Å². The van der Waals surface area contributed by atoms with E-state index in [2.05, 4.69) is 10.5 Å².